The molecule has 0 aliphatic carbocycles. The van der Waals surface area contributed by atoms with E-state index in [0.717, 1.165) is 0 Å². The highest BCUT2D eigenvalue weighted by Gasteiger charge is 2.22. The van der Waals surface area contributed by atoms with Crippen LogP contribution < -0.4 is 15.0 Å². The Bertz CT molecular complexity index is 986. The standard InChI is InChI=1S/C21H21N5O4/c27-19(25-9-11-26(12-10-25)21-22-7-3-8-23-21)15-30-17-5-1-4-16(14-17)24-20(28)18-6-2-13-29-18/h1-8,13-14H,9-12,15H2,(H,24,28). The molecule has 1 saturated heterocycles. The van der Waals surface area contributed by atoms with Gasteiger partial charge in [0.25, 0.3) is 11.8 Å². The van der Waals surface area contributed by atoms with Crippen LogP contribution in [0, 0.1) is 0 Å². The molecule has 2 amide bonds. The van der Waals surface area contributed by atoms with E-state index in [4.69, 9.17) is 9.15 Å². The fourth-order valence-corrected chi connectivity index (χ4v) is 3.11. The number of aromatic nitrogens is 2. The number of benzene rings is 1. The maximum absolute atomic E-state index is 12.5. The van der Waals surface area contributed by atoms with Gasteiger partial charge in [0.15, 0.2) is 12.4 Å². The molecule has 0 bridgehead atoms. The van der Waals surface area contributed by atoms with Gasteiger partial charge in [0.2, 0.25) is 5.95 Å². The van der Waals surface area contributed by atoms with Crippen LogP contribution in [0.25, 0.3) is 0 Å². The largest absolute Gasteiger partial charge is 0.484 e. The summed E-state index contributed by atoms with van der Waals surface area (Å²) in [4.78, 5) is 36.9. The molecule has 1 aliphatic heterocycles. The van der Waals surface area contributed by atoms with Crippen molar-refractivity contribution in [3.05, 3.63) is 66.9 Å². The smallest absolute Gasteiger partial charge is 0.291 e. The minimum atomic E-state index is -0.353. The highest BCUT2D eigenvalue weighted by atomic mass is 16.5. The second kappa shape index (κ2) is 9.08. The normalized spacial score (nSPS) is 13.7. The maximum Gasteiger partial charge on any atom is 0.291 e. The summed E-state index contributed by atoms with van der Waals surface area (Å²) >= 11 is 0. The van der Waals surface area contributed by atoms with Crippen molar-refractivity contribution in [3.8, 4) is 5.75 Å². The molecule has 0 radical (unpaired) electrons. The molecule has 0 atom stereocenters. The molecule has 9 heteroatoms. The number of carbonyl (C=O) groups excluding carboxylic acids is 2. The first-order chi connectivity index (χ1) is 14.7. The van der Waals surface area contributed by atoms with E-state index in [1.807, 2.05) is 0 Å². The van der Waals surface area contributed by atoms with Crippen molar-refractivity contribution in [2.24, 2.45) is 0 Å². The Balaban J connectivity index is 1.26. The van der Waals surface area contributed by atoms with Crippen LogP contribution in [-0.4, -0.2) is 59.5 Å². The molecule has 0 spiro atoms. The molecular formula is C21H21N5O4. The number of anilines is 2. The summed E-state index contributed by atoms with van der Waals surface area (Å²) in [6, 6.07) is 11.9. The van der Waals surface area contributed by atoms with Crippen LogP contribution in [0.2, 0.25) is 0 Å². The number of hydrogen-bond acceptors (Lipinski definition) is 7. The van der Waals surface area contributed by atoms with E-state index in [1.54, 1.807) is 59.8 Å². The number of nitrogens with zero attached hydrogens (tertiary/aromatic N) is 4. The Hall–Kier alpha value is -3.88. The number of ether oxygens (including phenoxy) is 1. The second-order valence-corrected chi connectivity index (χ2v) is 6.66. The Morgan fingerprint density at radius 3 is 2.57 bits per heavy atom. The molecule has 1 aromatic carbocycles. The Morgan fingerprint density at radius 1 is 1.03 bits per heavy atom. The monoisotopic (exact) mass is 407 g/mol. The fourth-order valence-electron chi connectivity index (χ4n) is 3.11. The summed E-state index contributed by atoms with van der Waals surface area (Å²) in [7, 11) is 0. The van der Waals surface area contributed by atoms with Gasteiger partial charge in [-0.15, -0.1) is 0 Å². The molecular weight excluding hydrogens is 386 g/mol. The van der Waals surface area contributed by atoms with Crippen molar-refractivity contribution < 1.29 is 18.7 Å². The molecule has 1 fully saturated rings. The zero-order chi connectivity index (χ0) is 20.8. The number of piperazine rings is 1. The average molecular weight is 407 g/mol. The summed E-state index contributed by atoms with van der Waals surface area (Å²) in [6.07, 6.45) is 4.85. The van der Waals surface area contributed by atoms with Gasteiger partial charge >= 0.3 is 0 Å². The predicted molar refractivity (Wildman–Crippen MR) is 109 cm³/mol. The van der Waals surface area contributed by atoms with Crippen LogP contribution in [0.1, 0.15) is 10.6 Å². The van der Waals surface area contributed by atoms with Crippen LogP contribution >= 0.6 is 0 Å². The summed E-state index contributed by atoms with van der Waals surface area (Å²) in [5, 5.41) is 2.73. The van der Waals surface area contributed by atoms with Crippen LogP contribution in [0.5, 0.6) is 5.75 Å². The summed E-state index contributed by atoms with van der Waals surface area (Å²) < 4.78 is 10.7. The van der Waals surface area contributed by atoms with Crippen molar-refractivity contribution in [2.45, 2.75) is 0 Å². The molecule has 154 valence electrons. The van der Waals surface area contributed by atoms with Gasteiger partial charge < -0.3 is 24.3 Å². The van der Waals surface area contributed by atoms with Gasteiger partial charge in [-0.1, -0.05) is 6.07 Å². The average Bonchev–Trinajstić information content (AvgIpc) is 3.34. The zero-order valence-electron chi connectivity index (χ0n) is 16.2. The number of amides is 2. The molecule has 1 aliphatic rings. The van der Waals surface area contributed by atoms with Gasteiger partial charge in [0.1, 0.15) is 5.75 Å². The van der Waals surface area contributed by atoms with E-state index >= 15 is 0 Å². The topological polar surface area (TPSA) is 101 Å². The van der Waals surface area contributed by atoms with Gasteiger partial charge in [-0.25, -0.2) is 9.97 Å². The summed E-state index contributed by atoms with van der Waals surface area (Å²) in [5.74, 6) is 0.949. The quantitative estimate of drug-likeness (QED) is 0.667. The van der Waals surface area contributed by atoms with Crippen LogP contribution in [0.3, 0.4) is 0 Å². The first-order valence-corrected chi connectivity index (χ1v) is 9.56. The molecule has 0 saturated carbocycles. The third kappa shape index (κ3) is 4.75. The second-order valence-electron chi connectivity index (χ2n) is 6.66. The number of carbonyl (C=O) groups is 2. The third-order valence-corrected chi connectivity index (χ3v) is 4.67. The number of hydrogen-bond donors (Lipinski definition) is 1. The Morgan fingerprint density at radius 2 is 1.83 bits per heavy atom. The van der Waals surface area contributed by atoms with Gasteiger partial charge in [0.05, 0.1) is 6.26 Å². The molecule has 2 aromatic heterocycles. The first-order valence-electron chi connectivity index (χ1n) is 9.56. The SMILES string of the molecule is O=C(Nc1cccc(OCC(=O)N2CCN(c3ncccn3)CC2)c1)c1ccco1. The Labute approximate surface area is 173 Å². The molecule has 3 heterocycles. The van der Waals surface area contributed by atoms with Gasteiger partial charge in [0, 0.05) is 50.3 Å². The van der Waals surface area contributed by atoms with Crippen molar-refractivity contribution >= 4 is 23.5 Å². The lowest BCUT2D eigenvalue weighted by Gasteiger charge is -2.34. The van der Waals surface area contributed by atoms with Crippen LogP contribution in [0.4, 0.5) is 11.6 Å². The zero-order valence-corrected chi connectivity index (χ0v) is 16.2. The molecule has 1 N–H and O–H groups in total. The molecule has 30 heavy (non-hydrogen) atoms. The maximum atomic E-state index is 12.5. The number of furan rings is 1. The predicted octanol–water partition coefficient (Wildman–Crippen LogP) is 2.05. The van der Waals surface area contributed by atoms with Crippen LogP contribution in [-0.2, 0) is 4.79 Å². The highest BCUT2D eigenvalue weighted by Crippen LogP contribution is 2.19. The lowest BCUT2D eigenvalue weighted by molar-refractivity contribution is -0.133. The first kappa shape index (κ1) is 19.4. The van der Waals surface area contributed by atoms with E-state index in [-0.39, 0.29) is 24.2 Å². The van der Waals surface area contributed by atoms with E-state index in [2.05, 4.69) is 20.2 Å². The molecule has 4 rings (SSSR count). The Kier molecular flexibility index (Phi) is 5.88. The minimum absolute atomic E-state index is 0.0720. The van der Waals surface area contributed by atoms with E-state index in [1.165, 1.54) is 6.26 Å². The third-order valence-electron chi connectivity index (χ3n) is 4.67. The number of nitrogens with one attached hydrogen (secondary N) is 1. The van der Waals surface area contributed by atoms with Crippen molar-refractivity contribution in [1.82, 2.24) is 14.9 Å². The lowest BCUT2D eigenvalue weighted by Crippen LogP contribution is -2.50. The van der Waals surface area contributed by atoms with Crippen molar-refractivity contribution in [2.75, 3.05) is 43.0 Å². The minimum Gasteiger partial charge on any atom is -0.484 e. The van der Waals surface area contributed by atoms with E-state index in [0.29, 0.717) is 43.6 Å². The summed E-state index contributed by atoms with van der Waals surface area (Å²) in [6.45, 7) is 2.44. The summed E-state index contributed by atoms with van der Waals surface area (Å²) in [5.41, 5.74) is 0.554. The lowest BCUT2D eigenvalue weighted by atomic mass is 10.3. The van der Waals surface area contributed by atoms with Crippen molar-refractivity contribution in [1.29, 1.82) is 0 Å². The molecule has 9 nitrogen and oxygen atoms in total. The van der Waals surface area contributed by atoms with Gasteiger partial charge in [-0.05, 0) is 30.3 Å². The highest BCUT2D eigenvalue weighted by molar-refractivity contribution is 6.02. The van der Waals surface area contributed by atoms with Gasteiger partial charge in [-0.2, -0.15) is 0 Å². The number of rotatable bonds is 6. The van der Waals surface area contributed by atoms with Crippen molar-refractivity contribution in [3.63, 3.8) is 0 Å². The fraction of sp³-hybridized carbons (Fsp3) is 0.238. The molecule has 0 unspecified atom stereocenters. The molecule has 3 aromatic rings. The van der Waals surface area contributed by atoms with E-state index in [9.17, 15) is 9.59 Å². The van der Waals surface area contributed by atoms with E-state index < -0.39 is 0 Å². The van der Waals surface area contributed by atoms with Gasteiger partial charge in [-0.3, -0.25) is 9.59 Å². The van der Waals surface area contributed by atoms with Crippen LogP contribution in [0.15, 0.2) is 65.5 Å².